The van der Waals surface area contributed by atoms with Gasteiger partial charge in [0.2, 0.25) is 10.0 Å². The number of carbonyl (C=O) groups excluding carboxylic acids is 2. The molecular weight excluding hydrogens is 386 g/mol. The van der Waals surface area contributed by atoms with E-state index in [9.17, 15) is 18.0 Å². The predicted octanol–water partition coefficient (Wildman–Crippen LogP) is 1.68. The van der Waals surface area contributed by atoms with Crippen LogP contribution in [-0.4, -0.2) is 38.6 Å². The van der Waals surface area contributed by atoms with Gasteiger partial charge in [0.15, 0.2) is 12.4 Å². The lowest BCUT2D eigenvalue weighted by molar-refractivity contribution is -0.147. The van der Waals surface area contributed by atoms with Crippen molar-refractivity contribution in [1.82, 2.24) is 9.88 Å². The fourth-order valence-electron chi connectivity index (χ4n) is 2.38. The smallest absolute Gasteiger partial charge is 0.307 e. The van der Waals surface area contributed by atoms with Crippen LogP contribution in [0.5, 0.6) is 0 Å². The van der Waals surface area contributed by atoms with E-state index in [1.54, 1.807) is 12.1 Å². The number of esters is 1. The van der Waals surface area contributed by atoms with Crippen LogP contribution in [-0.2, 0) is 24.3 Å². The van der Waals surface area contributed by atoms with Crippen molar-refractivity contribution in [2.45, 2.75) is 11.3 Å². The van der Waals surface area contributed by atoms with E-state index >= 15 is 0 Å². The van der Waals surface area contributed by atoms with Gasteiger partial charge in [-0.1, -0.05) is 35.5 Å². The van der Waals surface area contributed by atoms with Crippen LogP contribution in [0.15, 0.2) is 64.2 Å². The van der Waals surface area contributed by atoms with Crippen LogP contribution >= 0.6 is 0 Å². The zero-order chi connectivity index (χ0) is 20.0. The number of fused-ring (bicyclic) bond motifs is 1. The average molecular weight is 403 g/mol. The van der Waals surface area contributed by atoms with Crippen molar-refractivity contribution >= 4 is 38.5 Å². The lowest BCUT2D eigenvalue weighted by Crippen LogP contribution is -2.28. The van der Waals surface area contributed by atoms with Gasteiger partial charge in [-0.2, -0.15) is 0 Å². The molecular formula is C18H17N3O6S. The third-order valence-corrected chi connectivity index (χ3v) is 5.18. The summed E-state index contributed by atoms with van der Waals surface area (Å²) < 4.78 is 36.4. The highest BCUT2D eigenvalue weighted by molar-refractivity contribution is 7.89. The van der Waals surface area contributed by atoms with Crippen molar-refractivity contribution in [3.05, 3.63) is 54.8 Å². The Labute approximate surface area is 160 Å². The largest absolute Gasteiger partial charge is 0.456 e. The van der Waals surface area contributed by atoms with Crippen molar-refractivity contribution < 1.29 is 27.3 Å². The summed E-state index contributed by atoms with van der Waals surface area (Å²) in [6.07, 6.45) is 1.06. The van der Waals surface area contributed by atoms with Crippen molar-refractivity contribution in [3.63, 3.8) is 0 Å². The highest BCUT2D eigenvalue weighted by Crippen LogP contribution is 2.18. The van der Waals surface area contributed by atoms with Crippen molar-refractivity contribution in [2.24, 2.45) is 0 Å². The molecule has 28 heavy (non-hydrogen) atoms. The summed E-state index contributed by atoms with van der Waals surface area (Å²) in [6.45, 7) is -0.665. The van der Waals surface area contributed by atoms with Crippen molar-refractivity contribution in [3.8, 4) is 0 Å². The molecule has 0 aliphatic rings. The first-order chi connectivity index (χ1) is 13.4. The minimum Gasteiger partial charge on any atom is -0.456 e. The number of carbonyl (C=O) groups is 2. The van der Waals surface area contributed by atoms with Crippen LogP contribution in [0.25, 0.3) is 10.8 Å². The van der Waals surface area contributed by atoms with Gasteiger partial charge in [-0.15, -0.1) is 0 Å². The molecule has 10 heteroatoms. The highest BCUT2D eigenvalue weighted by Gasteiger charge is 2.15. The monoisotopic (exact) mass is 403 g/mol. The fraction of sp³-hybridized carbons (Fsp3) is 0.167. The van der Waals surface area contributed by atoms with Crippen LogP contribution < -0.4 is 10.0 Å². The second-order valence-electron chi connectivity index (χ2n) is 5.75. The van der Waals surface area contributed by atoms with Gasteiger partial charge in [0.05, 0.1) is 11.3 Å². The van der Waals surface area contributed by atoms with E-state index in [0.29, 0.717) is 0 Å². The summed E-state index contributed by atoms with van der Waals surface area (Å²) in [5, 5.41) is 7.56. The lowest BCUT2D eigenvalue weighted by Gasteiger charge is -2.08. The number of ether oxygens (including phenoxy) is 1. The molecule has 0 fully saturated rings. The number of hydrogen-bond donors (Lipinski definition) is 2. The van der Waals surface area contributed by atoms with Crippen LogP contribution in [0.2, 0.25) is 0 Å². The van der Waals surface area contributed by atoms with E-state index in [1.807, 2.05) is 24.3 Å². The molecule has 0 aliphatic carbocycles. The van der Waals surface area contributed by atoms with E-state index in [0.717, 1.165) is 10.8 Å². The van der Waals surface area contributed by atoms with Gasteiger partial charge in [0.25, 0.3) is 5.91 Å². The van der Waals surface area contributed by atoms with E-state index in [4.69, 9.17) is 4.74 Å². The van der Waals surface area contributed by atoms with Crippen LogP contribution in [0.1, 0.15) is 6.42 Å². The maximum Gasteiger partial charge on any atom is 0.307 e. The van der Waals surface area contributed by atoms with Gasteiger partial charge in [0.1, 0.15) is 6.26 Å². The van der Waals surface area contributed by atoms with E-state index in [-0.39, 0.29) is 23.7 Å². The maximum absolute atomic E-state index is 12.4. The third kappa shape index (κ3) is 5.15. The van der Waals surface area contributed by atoms with Crippen LogP contribution in [0.3, 0.4) is 0 Å². The summed E-state index contributed by atoms with van der Waals surface area (Å²) in [5.41, 5.74) is 0. The minimum atomic E-state index is -3.77. The standard InChI is InChI=1S/C18H17N3O6S/c22-17(20-16-8-10-27-21-16)12-26-18(23)7-9-19-28(24,25)15-6-5-13-3-1-2-4-14(13)11-15/h1-6,8,10-11,19H,7,9,12H2,(H,20,21,22). The van der Waals surface area contributed by atoms with Gasteiger partial charge in [-0.3, -0.25) is 9.59 Å². The summed E-state index contributed by atoms with van der Waals surface area (Å²) in [6, 6.07) is 13.6. The summed E-state index contributed by atoms with van der Waals surface area (Å²) in [4.78, 5) is 23.3. The molecule has 1 aromatic heterocycles. The highest BCUT2D eigenvalue weighted by atomic mass is 32.2. The first-order valence-electron chi connectivity index (χ1n) is 8.28. The lowest BCUT2D eigenvalue weighted by atomic mass is 10.1. The molecule has 146 valence electrons. The molecule has 0 saturated heterocycles. The third-order valence-electron chi connectivity index (χ3n) is 3.72. The number of hydrogen-bond acceptors (Lipinski definition) is 7. The minimum absolute atomic E-state index is 0.103. The molecule has 9 nitrogen and oxygen atoms in total. The van der Waals surface area contributed by atoms with Crippen molar-refractivity contribution in [2.75, 3.05) is 18.5 Å². The van der Waals surface area contributed by atoms with Gasteiger partial charge in [-0.25, -0.2) is 13.1 Å². The Balaban J connectivity index is 1.46. The fourth-order valence-corrected chi connectivity index (χ4v) is 3.45. The first kappa shape index (κ1) is 19.5. The molecule has 3 aromatic rings. The van der Waals surface area contributed by atoms with Gasteiger partial charge >= 0.3 is 5.97 Å². The molecule has 0 aliphatic heterocycles. The summed E-state index contributed by atoms with van der Waals surface area (Å²) in [7, 11) is -3.77. The molecule has 1 amide bonds. The number of rotatable bonds is 8. The topological polar surface area (TPSA) is 128 Å². The van der Waals surface area contributed by atoms with Crippen molar-refractivity contribution in [1.29, 1.82) is 0 Å². The molecule has 0 atom stereocenters. The number of benzene rings is 2. The van der Waals surface area contributed by atoms with E-state index in [1.165, 1.54) is 18.4 Å². The Kier molecular flexibility index (Phi) is 6.02. The molecule has 0 spiro atoms. The molecule has 2 aromatic carbocycles. The normalized spacial score (nSPS) is 11.3. The van der Waals surface area contributed by atoms with Gasteiger partial charge in [0, 0.05) is 12.6 Å². The quantitative estimate of drug-likeness (QED) is 0.548. The van der Waals surface area contributed by atoms with Crippen LogP contribution in [0, 0.1) is 0 Å². The molecule has 2 N–H and O–H groups in total. The zero-order valence-electron chi connectivity index (χ0n) is 14.6. The molecule has 0 saturated carbocycles. The number of nitrogens with zero attached hydrogens (tertiary/aromatic N) is 1. The zero-order valence-corrected chi connectivity index (χ0v) is 15.4. The Morgan fingerprint density at radius 1 is 1.07 bits per heavy atom. The second kappa shape index (κ2) is 8.63. The molecule has 0 radical (unpaired) electrons. The maximum atomic E-state index is 12.4. The van der Waals surface area contributed by atoms with Gasteiger partial charge < -0.3 is 14.6 Å². The predicted molar refractivity (Wildman–Crippen MR) is 99.8 cm³/mol. The summed E-state index contributed by atoms with van der Waals surface area (Å²) in [5.74, 6) is -1.10. The Morgan fingerprint density at radius 3 is 2.61 bits per heavy atom. The Bertz CT molecular complexity index is 1080. The number of amides is 1. The number of aromatic nitrogens is 1. The Hall–Kier alpha value is -3.24. The number of nitrogens with one attached hydrogen (secondary N) is 2. The SMILES string of the molecule is O=C(COC(=O)CCNS(=O)(=O)c1ccc2ccccc2c1)Nc1ccon1. The molecule has 0 bridgehead atoms. The molecule has 3 rings (SSSR count). The molecule has 1 heterocycles. The second-order valence-corrected chi connectivity index (χ2v) is 7.52. The molecule has 0 unspecified atom stereocenters. The number of sulfonamides is 1. The number of anilines is 1. The average Bonchev–Trinajstić information content (AvgIpc) is 3.19. The Morgan fingerprint density at radius 2 is 1.86 bits per heavy atom. The van der Waals surface area contributed by atoms with Crippen LogP contribution in [0.4, 0.5) is 5.82 Å². The van der Waals surface area contributed by atoms with E-state index in [2.05, 4.69) is 19.7 Å². The first-order valence-corrected chi connectivity index (χ1v) is 9.77. The van der Waals surface area contributed by atoms with E-state index < -0.39 is 28.5 Å². The summed E-state index contributed by atoms with van der Waals surface area (Å²) >= 11 is 0. The van der Waals surface area contributed by atoms with Gasteiger partial charge in [-0.05, 0) is 22.9 Å².